The lowest BCUT2D eigenvalue weighted by Crippen LogP contribution is -2.10. The molecule has 0 amide bonds. The van der Waals surface area contributed by atoms with Gasteiger partial charge in [-0.3, -0.25) is 14.8 Å². The third-order valence-electron chi connectivity index (χ3n) is 10.3. The van der Waals surface area contributed by atoms with Gasteiger partial charge in [0, 0.05) is 51.7 Å². The van der Waals surface area contributed by atoms with Gasteiger partial charge in [-0.1, -0.05) is 121 Å². The van der Waals surface area contributed by atoms with Crippen LogP contribution in [0.15, 0.2) is 156 Å². The number of hydrogen-bond donors (Lipinski definition) is 0. The first-order valence-electron chi connectivity index (χ1n) is 19.5. The highest BCUT2D eigenvalue weighted by atomic mass is 32.2. The number of aliphatic imine (C=N–C) groups is 2. The third-order valence-corrected chi connectivity index (χ3v) is 12.8. The molecule has 0 radical (unpaired) electrons. The van der Waals surface area contributed by atoms with Crippen LogP contribution in [0.3, 0.4) is 0 Å². The zero-order valence-corrected chi connectivity index (χ0v) is 34.4. The quantitative estimate of drug-likeness (QED) is 0.109. The van der Waals surface area contributed by atoms with E-state index in [1.165, 1.54) is 23.8 Å². The number of nitrogens with zero attached hydrogens (tertiary/aromatic N) is 4. The second kappa shape index (κ2) is 17.3. The first-order chi connectivity index (χ1) is 27.8. The highest BCUT2D eigenvalue weighted by Gasteiger charge is 2.37. The fourth-order valence-corrected chi connectivity index (χ4v) is 9.64. The van der Waals surface area contributed by atoms with E-state index in [1.807, 2.05) is 0 Å². The van der Waals surface area contributed by atoms with Crippen LogP contribution in [-0.2, 0) is 22.4 Å². The van der Waals surface area contributed by atoms with E-state index in [0.717, 1.165) is 73.7 Å². The average molecular weight is 787 g/mol. The van der Waals surface area contributed by atoms with Crippen molar-refractivity contribution < 1.29 is 9.53 Å². The minimum absolute atomic E-state index is 0.0480. The highest BCUT2D eigenvalue weighted by Crippen LogP contribution is 2.45. The molecule has 6 nitrogen and oxygen atoms in total. The summed E-state index contributed by atoms with van der Waals surface area (Å²) in [5.74, 6) is -0.198. The van der Waals surface area contributed by atoms with Crippen LogP contribution >= 0.6 is 23.5 Å². The highest BCUT2D eigenvalue weighted by molar-refractivity contribution is 8.20. The van der Waals surface area contributed by atoms with Crippen LogP contribution in [-0.4, -0.2) is 33.9 Å². The van der Waals surface area contributed by atoms with Gasteiger partial charge in [0.25, 0.3) is 0 Å². The number of methoxy groups -OCH3 is 1. The summed E-state index contributed by atoms with van der Waals surface area (Å²) in [6, 6.07) is 52.1. The topological polar surface area (TPSA) is 57.5 Å². The number of benzene rings is 6. The second-order valence-corrected chi connectivity index (χ2v) is 16.7. The molecule has 2 aliphatic heterocycles. The van der Waals surface area contributed by atoms with Crippen molar-refractivity contribution in [1.29, 1.82) is 0 Å². The normalized spacial score (nSPS) is 15.8. The standard InChI is InChI=1S/C49H46N4O2S2/c1-5-6-35-11-24-41(25-12-35)52(39-20-7-33(2)8-21-39)43-28-16-37(17-29-43)46-50-48-49(56-46)51-47(57-48)38-18-30-44(31-19-38)53(40-22-9-34(3)10-23-40)42-26-13-36(14-27-42)15-32-45(54)55-4/h7-14,16-31,48-49H,5-6,15,32H2,1-4H3. The Bertz CT molecular complexity index is 2370. The molecule has 2 heterocycles. The molecule has 0 bridgehead atoms. The predicted octanol–water partition coefficient (Wildman–Crippen LogP) is 12.6. The summed E-state index contributed by atoms with van der Waals surface area (Å²) >= 11 is 3.50. The molecule has 0 aliphatic carbocycles. The summed E-state index contributed by atoms with van der Waals surface area (Å²) in [7, 11) is 1.43. The molecule has 2 aliphatic rings. The van der Waals surface area contributed by atoms with Crippen molar-refractivity contribution in [1.82, 2.24) is 0 Å². The van der Waals surface area contributed by atoms with Crippen LogP contribution < -0.4 is 9.80 Å². The van der Waals surface area contributed by atoms with E-state index in [4.69, 9.17) is 14.7 Å². The smallest absolute Gasteiger partial charge is 0.305 e. The maximum Gasteiger partial charge on any atom is 0.305 e. The Labute approximate surface area is 344 Å². The van der Waals surface area contributed by atoms with Crippen LogP contribution in [0.5, 0.6) is 0 Å². The Morgan fingerprint density at radius 2 is 0.860 bits per heavy atom. The predicted molar refractivity (Wildman–Crippen MR) is 242 cm³/mol. The summed E-state index contributed by atoms with van der Waals surface area (Å²) in [5, 5.41) is 2.16. The van der Waals surface area contributed by atoms with Crippen molar-refractivity contribution in [3.8, 4) is 0 Å². The number of ether oxygens (including phenoxy) is 1. The molecular formula is C49H46N4O2S2. The Morgan fingerprint density at radius 1 is 0.526 bits per heavy atom. The minimum Gasteiger partial charge on any atom is -0.469 e. The van der Waals surface area contributed by atoms with E-state index in [-0.39, 0.29) is 16.7 Å². The molecule has 0 aromatic heterocycles. The second-order valence-electron chi connectivity index (χ2n) is 14.5. The molecule has 2 atom stereocenters. The van der Waals surface area contributed by atoms with Gasteiger partial charge in [-0.05, 0) is 111 Å². The largest absolute Gasteiger partial charge is 0.469 e. The zero-order valence-electron chi connectivity index (χ0n) is 32.8. The molecule has 2 unspecified atom stereocenters. The maximum atomic E-state index is 11.7. The van der Waals surface area contributed by atoms with Crippen molar-refractivity contribution in [3.05, 3.63) is 179 Å². The van der Waals surface area contributed by atoms with Crippen LogP contribution in [0.1, 0.15) is 53.1 Å². The van der Waals surface area contributed by atoms with E-state index in [0.29, 0.717) is 12.8 Å². The van der Waals surface area contributed by atoms with Crippen LogP contribution in [0.2, 0.25) is 0 Å². The summed E-state index contributed by atoms with van der Waals surface area (Å²) in [6.45, 7) is 6.45. The van der Waals surface area contributed by atoms with Crippen molar-refractivity contribution >= 4 is 73.7 Å². The van der Waals surface area contributed by atoms with Gasteiger partial charge in [0.2, 0.25) is 0 Å². The molecule has 57 heavy (non-hydrogen) atoms. The van der Waals surface area contributed by atoms with Crippen molar-refractivity contribution in [2.24, 2.45) is 9.98 Å². The van der Waals surface area contributed by atoms with Crippen LogP contribution in [0.25, 0.3) is 0 Å². The molecule has 286 valence electrons. The first kappa shape index (κ1) is 38.3. The van der Waals surface area contributed by atoms with Gasteiger partial charge < -0.3 is 14.5 Å². The number of anilines is 6. The number of fused-ring (bicyclic) bond motifs is 1. The van der Waals surface area contributed by atoms with Crippen molar-refractivity contribution in [2.75, 3.05) is 16.9 Å². The van der Waals surface area contributed by atoms with Crippen LogP contribution in [0, 0.1) is 13.8 Å². The zero-order chi connectivity index (χ0) is 39.3. The van der Waals surface area contributed by atoms with Gasteiger partial charge in [-0.2, -0.15) is 0 Å². The molecule has 0 fully saturated rings. The number of thioether (sulfide) groups is 2. The number of esters is 1. The number of carbonyl (C=O) groups is 1. The monoisotopic (exact) mass is 786 g/mol. The minimum atomic E-state index is -0.198. The average Bonchev–Trinajstić information content (AvgIpc) is 3.84. The van der Waals surface area contributed by atoms with E-state index in [1.54, 1.807) is 23.5 Å². The van der Waals surface area contributed by atoms with Gasteiger partial charge >= 0.3 is 5.97 Å². The maximum absolute atomic E-state index is 11.7. The molecule has 0 N–H and O–H groups in total. The van der Waals surface area contributed by atoms with E-state index in [9.17, 15) is 4.79 Å². The molecule has 8 rings (SSSR count). The Hall–Kier alpha value is -5.57. The van der Waals surface area contributed by atoms with E-state index >= 15 is 0 Å². The molecular weight excluding hydrogens is 741 g/mol. The molecule has 6 aromatic carbocycles. The van der Waals surface area contributed by atoms with E-state index < -0.39 is 0 Å². The lowest BCUT2D eigenvalue weighted by molar-refractivity contribution is -0.140. The summed E-state index contributed by atoms with van der Waals surface area (Å²) < 4.78 is 4.83. The Balaban J connectivity index is 0.967. The summed E-state index contributed by atoms with van der Waals surface area (Å²) in [6.07, 6.45) is 3.23. The first-order valence-corrected chi connectivity index (χ1v) is 21.3. The van der Waals surface area contributed by atoms with Crippen LogP contribution in [0.4, 0.5) is 34.1 Å². The molecule has 0 saturated heterocycles. The van der Waals surface area contributed by atoms with Gasteiger partial charge in [-0.15, -0.1) is 0 Å². The Morgan fingerprint density at radius 3 is 1.21 bits per heavy atom. The van der Waals surface area contributed by atoms with Crippen molar-refractivity contribution in [3.63, 3.8) is 0 Å². The fourth-order valence-electron chi connectivity index (χ4n) is 7.15. The lowest BCUT2D eigenvalue weighted by atomic mass is 10.1. The van der Waals surface area contributed by atoms with Crippen molar-refractivity contribution in [2.45, 2.75) is 57.2 Å². The van der Waals surface area contributed by atoms with Gasteiger partial charge in [0.1, 0.15) is 20.8 Å². The lowest BCUT2D eigenvalue weighted by Gasteiger charge is -2.26. The van der Waals surface area contributed by atoms with Gasteiger partial charge in [0.15, 0.2) is 0 Å². The number of aryl methyl sites for hydroxylation is 4. The summed E-state index contributed by atoms with van der Waals surface area (Å²) in [4.78, 5) is 26.6. The number of hydrogen-bond acceptors (Lipinski definition) is 8. The molecule has 6 aromatic rings. The van der Waals surface area contributed by atoms with Gasteiger partial charge in [-0.25, -0.2) is 0 Å². The molecule has 0 saturated carbocycles. The number of rotatable bonds is 13. The van der Waals surface area contributed by atoms with E-state index in [2.05, 4.69) is 176 Å². The Kier molecular flexibility index (Phi) is 11.6. The number of carbonyl (C=O) groups excluding carboxylic acids is 1. The third kappa shape index (κ3) is 8.73. The molecule has 8 heteroatoms. The SMILES string of the molecule is CCCc1ccc(N(c2ccc(C)cc2)c2ccc(C3=NC4SC(c5ccc(N(c6ccc(C)cc6)c6ccc(CCC(=O)OC)cc6)cc5)=NC4S3)cc2)cc1. The molecule has 0 spiro atoms. The fraction of sp³-hybridized carbons (Fsp3) is 0.204. The van der Waals surface area contributed by atoms with Gasteiger partial charge in [0.05, 0.1) is 7.11 Å². The summed E-state index contributed by atoms with van der Waals surface area (Å²) in [5.41, 5.74) is 13.7.